The monoisotopic (exact) mass is 332 g/mol. The molecule has 0 aromatic heterocycles. The van der Waals surface area contributed by atoms with E-state index < -0.39 is 0 Å². The molecule has 1 saturated heterocycles. The first kappa shape index (κ1) is 18.7. The lowest BCUT2D eigenvalue weighted by molar-refractivity contribution is 0.141. The molecule has 1 atom stereocenters. The van der Waals surface area contributed by atoms with Crippen molar-refractivity contribution in [2.45, 2.75) is 38.8 Å². The van der Waals surface area contributed by atoms with E-state index in [1.54, 1.807) is 7.11 Å². The third-order valence-corrected chi connectivity index (χ3v) is 4.76. The van der Waals surface area contributed by atoms with Crippen LogP contribution in [0.3, 0.4) is 0 Å². The summed E-state index contributed by atoms with van der Waals surface area (Å²) in [5.74, 6) is 0.875. The van der Waals surface area contributed by atoms with E-state index in [9.17, 15) is 0 Å². The van der Waals surface area contributed by atoms with Crippen LogP contribution >= 0.6 is 0 Å². The summed E-state index contributed by atoms with van der Waals surface area (Å²) in [4.78, 5) is 6.87. The van der Waals surface area contributed by atoms with Crippen LogP contribution in [0, 0.1) is 0 Å². The number of likely N-dealkylation sites (tertiary alicyclic amines) is 1. The van der Waals surface area contributed by atoms with Gasteiger partial charge in [0, 0.05) is 39.8 Å². The van der Waals surface area contributed by atoms with E-state index in [0.29, 0.717) is 6.04 Å². The van der Waals surface area contributed by atoms with Gasteiger partial charge in [0.05, 0.1) is 6.61 Å². The number of aliphatic imine (C=N–C) groups is 1. The molecule has 2 N–H and O–H groups in total. The van der Waals surface area contributed by atoms with Crippen LogP contribution in [-0.4, -0.2) is 57.3 Å². The second-order valence-corrected chi connectivity index (χ2v) is 6.25. The van der Waals surface area contributed by atoms with Crippen LogP contribution in [0.1, 0.15) is 30.9 Å². The number of methoxy groups -OCH3 is 1. The number of nitrogens with zero attached hydrogens (tertiary/aromatic N) is 2. The quantitative estimate of drug-likeness (QED) is 0.565. The van der Waals surface area contributed by atoms with Gasteiger partial charge < -0.3 is 15.4 Å². The molecule has 1 aliphatic heterocycles. The maximum absolute atomic E-state index is 5.21. The summed E-state index contributed by atoms with van der Waals surface area (Å²) in [7, 11) is 3.60. The van der Waals surface area contributed by atoms with Gasteiger partial charge in [0.25, 0.3) is 0 Å². The number of benzene rings is 1. The third-order valence-electron chi connectivity index (χ3n) is 4.76. The van der Waals surface area contributed by atoms with E-state index in [-0.39, 0.29) is 0 Å². The van der Waals surface area contributed by atoms with Crippen LogP contribution in [0.5, 0.6) is 0 Å². The van der Waals surface area contributed by atoms with Gasteiger partial charge in [-0.15, -0.1) is 0 Å². The molecule has 1 unspecified atom stereocenters. The van der Waals surface area contributed by atoms with E-state index >= 15 is 0 Å². The molecule has 1 aliphatic rings. The van der Waals surface area contributed by atoms with Crippen molar-refractivity contribution in [1.29, 1.82) is 0 Å². The molecular weight excluding hydrogens is 300 g/mol. The molecule has 24 heavy (non-hydrogen) atoms. The highest BCUT2D eigenvalue weighted by Crippen LogP contribution is 2.15. The number of hydrogen-bond donors (Lipinski definition) is 2. The Balaban J connectivity index is 1.80. The largest absolute Gasteiger partial charge is 0.383 e. The van der Waals surface area contributed by atoms with Gasteiger partial charge in [0.2, 0.25) is 0 Å². The number of rotatable bonds is 8. The normalized spacial score (nSPS) is 18.8. The van der Waals surface area contributed by atoms with Crippen molar-refractivity contribution >= 4 is 5.96 Å². The number of ether oxygens (including phenoxy) is 1. The summed E-state index contributed by atoms with van der Waals surface area (Å²) in [6.45, 7) is 6.92. The minimum Gasteiger partial charge on any atom is -0.383 e. The van der Waals surface area contributed by atoms with Crippen molar-refractivity contribution in [3.8, 4) is 0 Å². The summed E-state index contributed by atoms with van der Waals surface area (Å²) in [5, 5.41) is 6.92. The Morgan fingerprint density at radius 3 is 2.79 bits per heavy atom. The molecule has 1 aromatic rings. The molecule has 1 aromatic carbocycles. The molecule has 0 amide bonds. The molecule has 1 heterocycles. The van der Waals surface area contributed by atoms with Crippen LogP contribution in [0.4, 0.5) is 0 Å². The lowest BCUT2D eigenvalue weighted by Crippen LogP contribution is -2.45. The Kier molecular flexibility index (Phi) is 8.05. The lowest BCUT2D eigenvalue weighted by atomic mass is 10.1. The van der Waals surface area contributed by atoms with Crippen LogP contribution in [0.2, 0.25) is 0 Å². The Labute approximate surface area is 146 Å². The van der Waals surface area contributed by atoms with Crippen LogP contribution < -0.4 is 10.6 Å². The van der Waals surface area contributed by atoms with Gasteiger partial charge in [-0.25, -0.2) is 0 Å². The standard InChI is InChI=1S/C19H32N4O/c1-4-16-8-5-6-9-17(16)14-21-19(20-2)22-15-18-10-7-11-23(18)12-13-24-3/h5-6,8-9,18H,4,7,10-15H2,1-3H3,(H2,20,21,22). The second kappa shape index (κ2) is 10.3. The van der Waals surface area contributed by atoms with Crippen molar-refractivity contribution in [3.63, 3.8) is 0 Å². The van der Waals surface area contributed by atoms with Gasteiger partial charge >= 0.3 is 0 Å². The van der Waals surface area contributed by atoms with E-state index in [1.807, 2.05) is 7.05 Å². The number of aryl methyl sites for hydroxylation is 1. The molecule has 2 rings (SSSR count). The van der Waals surface area contributed by atoms with E-state index in [2.05, 4.69) is 51.7 Å². The minimum absolute atomic E-state index is 0.571. The van der Waals surface area contributed by atoms with Crippen molar-refractivity contribution in [2.75, 3.05) is 40.4 Å². The summed E-state index contributed by atoms with van der Waals surface area (Å²) < 4.78 is 5.21. The Morgan fingerprint density at radius 2 is 2.08 bits per heavy atom. The summed E-state index contributed by atoms with van der Waals surface area (Å²) >= 11 is 0. The first-order valence-corrected chi connectivity index (χ1v) is 9.02. The third kappa shape index (κ3) is 5.49. The first-order chi connectivity index (χ1) is 11.8. The molecule has 1 fully saturated rings. The molecule has 0 spiro atoms. The predicted molar refractivity (Wildman–Crippen MR) is 100 cm³/mol. The average molecular weight is 332 g/mol. The highest BCUT2D eigenvalue weighted by Gasteiger charge is 2.23. The molecule has 0 bridgehead atoms. The zero-order valence-corrected chi connectivity index (χ0v) is 15.3. The fraction of sp³-hybridized carbons (Fsp3) is 0.632. The van der Waals surface area contributed by atoms with E-state index in [1.165, 1.54) is 30.5 Å². The molecular formula is C19H32N4O. The SMILES string of the molecule is CCc1ccccc1CNC(=NC)NCC1CCCN1CCOC. The zero-order chi connectivity index (χ0) is 17.2. The van der Waals surface area contributed by atoms with Gasteiger partial charge in [-0.3, -0.25) is 9.89 Å². The molecule has 5 heteroatoms. The van der Waals surface area contributed by atoms with Crippen LogP contribution in [-0.2, 0) is 17.7 Å². The molecule has 5 nitrogen and oxygen atoms in total. The lowest BCUT2D eigenvalue weighted by Gasteiger charge is -2.25. The molecule has 0 aliphatic carbocycles. The number of hydrogen-bond acceptors (Lipinski definition) is 3. The highest BCUT2D eigenvalue weighted by atomic mass is 16.5. The van der Waals surface area contributed by atoms with Gasteiger partial charge in [-0.1, -0.05) is 31.2 Å². The van der Waals surface area contributed by atoms with Crippen molar-refractivity contribution < 1.29 is 4.74 Å². The summed E-state index contributed by atoms with van der Waals surface area (Å²) in [6.07, 6.45) is 3.57. The Hall–Kier alpha value is -1.59. The molecule has 0 radical (unpaired) electrons. The van der Waals surface area contributed by atoms with Gasteiger partial charge in [0.1, 0.15) is 0 Å². The number of guanidine groups is 1. The van der Waals surface area contributed by atoms with Crippen molar-refractivity contribution in [2.24, 2.45) is 4.99 Å². The fourth-order valence-electron chi connectivity index (χ4n) is 3.32. The molecule has 134 valence electrons. The summed E-state index contributed by atoms with van der Waals surface area (Å²) in [5.41, 5.74) is 2.73. The summed E-state index contributed by atoms with van der Waals surface area (Å²) in [6, 6.07) is 9.15. The smallest absolute Gasteiger partial charge is 0.191 e. The van der Waals surface area contributed by atoms with Crippen LogP contribution in [0.15, 0.2) is 29.3 Å². The molecule has 0 saturated carbocycles. The van der Waals surface area contributed by atoms with E-state index in [0.717, 1.165) is 38.6 Å². The zero-order valence-electron chi connectivity index (χ0n) is 15.3. The highest BCUT2D eigenvalue weighted by molar-refractivity contribution is 5.79. The van der Waals surface area contributed by atoms with Gasteiger partial charge in [-0.2, -0.15) is 0 Å². The maximum Gasteiger partial charge on any atom is 0.191 e. The van der Waals surface area contributed by atoms with Gasteiger partial charge in [0.15, 0.2) is 5.96 Å². The Morgan fingerprint density at radius 1 is 1.29 bits per heavy atom. The Bertz CT molecular complexity index is 518. The number of nitrogens with one attached hydrogen (secondary N) is 2. The van der Waals surface area contributed by atoms with E-state index in [4.69, 9.17) is 4.74 Å². The minimum atomic E-state index is 0.571. The van der Waals surface area contributed by atoms with Crippen molar-refractivity contribution in [1.82, 2.24) is 15.5 Å². The predicted octanol–water partition coefficient (Wildman–Crippen LogP) is 2.02. The average Bonchev–Trinajstić information content (AvgIpc) is 3.07. The van der Waals surface area contributed by atoms with Crippen LogP contribution in [0.25, 0.3) is 0 Å². The fourth-order valence-corrected chi connectivity index (χ4v) is 3.32. The first-order valence-electron chi connectivity index (χ1n) is 9.02. The maximum atomic E-state index is 5.21. The van der Waals surface area contributed by atoms with Gasteiger partial charge in [-0.05, 0) is 36.9 Å². The second-order valence-electron chi connectivity index (χ2n) is 6.25. The topological polar surface area (TPSA) is 48.9 Å². The van der Waals surface area contributed by atoms with Crippen molar-refractivity contribution in [3.05, 3.63) is 35.4 Å².